The quantitative estimate of drug-likeness (QED) is 0.580. The van der Waals surface area contributed by atoms with Crippen molar-refractivity contribution >= 4 is 51.2 Å². The van der Waals surface area contributed by atoms with Gasteiger partial charge in [0.2, 0.25) is 0 Å². The van der Waals surface area contributed by atoms with E-state index in [-0.39, 0.29) is 5.57 Å². The lowest BCUT2D eigenvalue weighted by Crippen LogP contribution is -2.54. The monoisotopic (exact) mass is 441 g/mol. The Morgan fingerprint density at radius 3 is 2.21 bits per heavy atom. The third kappa shape index (κ3) is 3.84. The average Bonchev–Trinajstić information content (AvgIpc) is 2.57. The number of carbonyl (C=O) groups is 3. The first-order valence-electron chi connectivity index (χ1n) is 8.64. The van der Waals surface area contributed by atoms with Crippen LogP contribution in [0.15, 0.2) is 46.4 Å². The molecule has 0 aliphatic carbocycles. The molecule has 0 bridgehead atoms. The topological polar surface area (TPSA) is 69.7 Å². The zero-order valence-corrected chi connectivity index (χ0v) is 17.6. The molecule has 2 aromatic carbocycles. The van der Waals surface area contributed by atoms with Gasteiger partial charge in [-0.15, -0.1) is 0 Å². The van der Waals surface area contributed by atoms with Gasteiger partial charge in [0, 0.05) is 18.6 Å². The molecule has 1 aliphatic rings. The molecule has 4 amide bonds. The summed E-state index contributed by atoms with van der Waals surface area (Å²) in [5, 5.41) is 2.25. The van der Waals surface area contributed by atoms with Crippen LogP contribution in [0.5, 0.6) is 0 Å². The van der Waals surface area contributed by atoms with Crippen LogP contribution in [0, 0.1) is 13.8 Å². The van der Waals surface area contributed by atoms with Crippen molar-refractivity contribution < 1.29 is 14.4 Å². The lowest BCUT2D eigenvalue weighted by atomic mass is 10.1. The van der Waals surface area contributed by atoms with Gasteiger partial charge in [0.05, 0.1) is 11.4 Å². The van der Waals surface area contributed by atoms with Gasteiger partial charge in [-0.2, -0.15) is 0 Å². The molecule has 144 valence electrons. The number of carbonyl (C=O) groups excluding carboxylic acids is 3. The number of hydrogen-bond donors (Lipinski definition) is 1. The number of aryl methyl sites for hydroxylation is 2. The summed E-state index contributed by atoms with van der Waals surface area (Å²) in [6.45, 7) is 3.77. The smallest absolute Gasteiger partial charge is 0.335 e. The van der Waals surface area contributed by atoms with Gasteiger partial charge in [0.15, 0.2) is 0 Å². The van der Waals surface area contributed by atoms with Crippen LogP contribution in [0.1, 0.15) is 16.7 Å². The third-order valence-corrected chi connectivity index (χ3v) is 4.97. The molecule has 0 unspecified atom stereocenters. The van der Waals surface area contributed by atoms with E-state index < -0.39 is 17.8 Å². The summed E-state index contributed by atoms with van der Waals surface area (Å²) in [4.78, 5) is 40.6. The number of anilines is 2. The summed E-state index contributed by atoms with van der Waals surface area (Å²) in [7, 11) is 3.84. The van der Waals surface area contributed by atoms with Gasteiger partial charge in [-0.25, -0.2) is 9.69 Å². The molecule has 3 rings (SSSR count). The maximum Gasteiger partial charge on any atom is 0.335 e. The predicted molar refractivity (Wildman–Crippen MR) is 113 cm³/mol. The minimum Gasteiger partial charge on any atom is -0.377 e. The number of rotatable bonds is 3. The molecule has 1 fully saturated rings. The minimum absolute atomic E-state index is 0.0942. The number of benzene rings is 2. The number of hydrogen-bond acceptors (Lipinski definition) is 4. The van der Waals surface area contributed by atoms with E-state index >= 15 is 0 Å². The molecule has 1 saturated heterocycles. The van der Waals surface area contributed by atoms with Crippen LogP contribution in [0.2, 0.25) is 0 Å². The molecular weight excluding hydrogens is 422 g/mol. The summed E-state index contributed by atoms with van der Waals surface area (Å²) in [5.74, 6) is -1.35. The van der Waals surface area contributed by atoms with Crippen LogP contribution in [0.3, 0.4) is 0 Å². The number of amides is 4. The Hall–Kier alpha value is -2.93. The molecule has 1 aliphatic heterocycles. The van der Waals surface area contributed by atoms with Crippen LogP contribution in [0.25, 0.3) is 6.08 Å². The number of urea groups is 1. The van der Waals surface area contributed by atoms with E-state index in [4.69, 9.17) is 0 Å². The van der Waals surface area contributed by atoms with E-state index in [1.54, 1.807) is 12.1 Å². The first-order chi connectivity index (χ1) is 13.2. The standard InChI is InChI=1S/C21H20BrN3O3/c1-12-7-13(2)9-15(8-12)25-20(27)16(19(26)23-21(25)28)10-14-5-6-18(24(3)4)17(22)11-14/h5-11H,1-4H3,(H,23,26,28)/b16-10+. The van der Waals surface area contributed by atoms with E-state index in [0.29, 0.717) is 11.3 Å². The maximum atomic E-state index is 13.0. The zero-order chi connectivity index (χ0) is 20.6. The second-order valence-corrected chi connectivity index (χ2v) is 7.76. The molecule has 7 heteroatoms. The fraction of sp³-hybridized carbons (Fsp3) is 0.190. The molecule has 1 N–H and O–H groups in total. The summed E-state index contributed by atoms with van der Waals surface area (Å²) >= 11 is 3.50. The van der Waals surface area contributed by atoms with Crippen molar-refractivity contribution in [3.8, 4) is 0 Å². The molecule has 0 aromatic heterocycles. The third-order valence-electron chi connectivity index (χ3n) is 4.33. The maximum absolute atomic E-state index is 13.0. The normalized spacial score (nSPS) is 15.8. The molecule has 1 heterocycles. The van der Waals surface area contributed by atoms with Crippen molar-refractivity contribution in [2.75, 3.05) is 23.9 Å². The van der Waals surface area contributed by atoms with Gasteiger partial charge >= 0.3 is 6.03 Å². The van der Waals surface area contributed by atoms with E-state index in [0.717, 1.165) is 26.2 Å². The lowest BCUT2D eigenvalue weighted by Gasteiger charge is -2.27. The summed E-state index contributed by atoms with van der Waals surface area (Å²) in [5.41, 5.74) is 3.81. The van der Waals surface area contributed by atoms with Crippen molar-refractivity contribution in [2.24, 2.45) is 0 Å². The second kappa shape index (κ2) is 7.59. The van der Waals surface area contributed by atoms with Crippen molar-refractivity contribution in [3.63, 3.8) is 0 Å². The molecule has 0 radical (unpaired) electrons. The van der Waals surface area contributed by atoms with Crippen LogP contribution in [-0.2, 0) is 9.59 Å². The molecule has 0 saturated carbocycles. The summed E-state index contributed by atoms with van der Waals surface area (Å²) < 4.78 is 0.831. The van der Waals surface area contributed by atoms with E-state index in [1.165, 1.54) is 6.08 Å². The number of nitrogens with one attached hydrogen (secondary N) is 1. The van der Waals surface area contributed by atoms with Crippen LogP contribution in [-0.4, -0.2) is 31.9 Å². The minimum atomic E-state index is -0.749. The fourth-order valence-corrected chi connectivity index (χ4v) is 3.87. The Bertz CT molecular complexity index is 1010. The van der Waals surface area contributed by atoms with Crippen molar-refractivity contribution in [2.45, 2.75) is 13.8 Å². The molecule has 6 nitrogen and oxygen atoms in total. The first-order valence-corrected chi connectivity index (χ1v) is 9.43. The van der Waals surface area contributed by atoms with Gasteiger partial charge in [0.1, 0.15) is 5.57 Å². The Morgan fingerprint density at radius 2 is 1.64 bits per heavy atom. The van der Waals surface area contributed by atoms with E-state index in [2.05, 4.69) is 21.2 Å². The highest BCUT2D eigenvalue weighted by molar-refractivity contribution is 9.10. The Labute approximate surface area is 171 Å². The average molecular weight is 442 g/mol. The van der Waals surface area contributed by atoms with Crippen molar-refractivity contribution in [3.05, 3.63) is 63.1 Å². The fourth-order valence-electron chi connectivity index (χ4n) is 3.11. The van der Waals surface area contributed by atoms with Crippen molar-refractivity contribution in [1.29, 1.82) is 0 Å². The molecule has 0 atom stereocenters. The second-order valence-electron chi connectivity index (χ2n) is 6.91. The van der Waals surface area contributed by atoms with E-state index in [1.807, 2.05) is 57.1 Å². The van der Waals surface area contributed by atoms with Gasteiger partial charge in [0.25, 0.3) is 11.8 Å². The first kappa shape index (κ1) is 19.8. The van der Waals surface area contributed by atoms with Crippen LogP contribution >= 0.6 is 15.9 Å². The van der Waals surface area contributed by atoms with Gasteiger partial charge in [-0.1, -0.05) is 12.1 Å². The highest BCUT2D eigenvalue weighted by Gasteiger charge is 2.36. The number of halogens is 1. The Kier molecular flexibility index (Phi) is 5.38. The Morgan fingerprint density at radius 1 is 1.00 bits per heavy atom. The number of nitrogens with zero attached hydrogens (tertiary/aromatic N) is 2. The van der Waals surface area contributed by atoms with Crippen LogP contribution in [0.4, 0.5) is 16.2 Å². The number of barbiturate groups is 1. The zero-order valence-electron chi connectivity index (χ0n) is 16.0. The molecule has 28 heavy (non-hydrogen) atoms. The van der Waals surface area contributed by atoms with Gasteiger partial charge < -0.3 is 4.90 Å². The molecule has 2 aromatic rings. The Balaban J connectivity index is 2.02. The van der Waals surface area contributed by atoms with Crippen LogP contribution < -0.4 is 15.1 Å². The lowest BCUT2D eigenvalue weighted by molar-refractivity contribution is -0.122. The van der Waals surface area contributed by atoms with Gasteiger partial charge in [-0.3, -0.25) is 14.9 Å². The van der Waals surface area contributed by atoms with E-state index in [9.17, 15) is 14.4 Å². The van der Waals surface area contributed by atoms with Crippen molar-refractivity contribution in [1.82, 2.24) is 5.32 Å². The molecule has 0 spiro atoms. The SMILES string of the molecule is Cc1cc(C)cc(N2C(=O)NC(=O)/C(=C\c3ccc(N(C)C)c(Br)c3)C2=O)c1. The van der Waals surface area contributed by atoms with Gasteiger partial charge in [-0.05, 0) is 76.8 Å². The predicted octanol–water partition coefficient (Wildman–Crippen LogP) is 3.80. The number of imide groups is 2. The highest BCUT2D eigenvalue weighted by Crippen LogP contribution is 2.28. The highest BCUT2D eigenvalue weighted by atomic mass is 79.9. The largest absolute Gasteiger partial charge is 0.377 e. The summed E-state index contributed by atoms with van der Waals surface area (Å²) in [6.07, 6.45) is 1.49. The molecular formula is C21H20BrN3O3. The summed E-state index contributed by atoms with van der Waals surface area (Å²) in [6, 6.07) is 10.2.